The van der Waals surface area contributed by atoms with Crippen LogP contribution >= 0.6 is 12.4 Å². The number of hydrogen-bond acceptors (Lipinski definition) is 3. The van der Waals surface area contributed by atoms with Crippen molar-refractivity contribution in [3.63, 3.8) is 0 Å². The van der Waals surface area contributed by atoms with Gasteiger partial charge < -0.3 is 5.11 Å². The van der Waals surface area contributed by atoms with E-state index in [1.807, 2.05) is 6.07 Å². The summed E-state index contributed by atoms with van der Waals surface area (Å²) in [6.45, 7) is 0. The molecule has 1 aromatic heterocycles. The van der Waals surface area contributed by atoms with Crippen molar-refractivity contribution in [2.45, 2.75) is 0 Å². The van der Waals surface area contributed by atoms with Crippen molar-refractivity contribution >= 4 is 23.3 Å². The Kier molecular flexibility index (Phi) is 2.45. The van der Waals surface area contributed by atoms with Crippen molar-refractivity contribution < 1.29 is 5.11 Å². The second-order valence-corrected chi connectivity index (χ2v) is 2.27. The lowest BCUT2D eigenvalue weighted by Crippen LogP contribution is -1.80. The van der Waals surface area contributed by atoms with E-state index in [0.29, 0.717) is 5.52 Å². The summed E-state index contributed by atoms with van der Waals surface area (Å²) in [6, 6.07) is 6.87. The number of phenols is 1. The number of phenolic OH excluding ortho intramolecular Hbond substituents is 1. The fourth-order valence-electron chi connectivity index (χ4n) is 0.969. The second kappa shape index (κ2) is 3.36. The number of rotatable bonds is 0. The maximum Gasteiger partial charge on any atom is 0.117 e. The third kappa shape index (κ3) is 1.46. The van der Waals surface area contributed by atoms with Crippen LogP contribution in [0.2, 0.25) is 0 Å². The van der Waals surface area contributed by atoms with Crippen LogP contribution in [0.15, 0.2) is 30.5 Å². The first-order valence-corrected chi connectivity index (χ1v) is 3.27. The van der Waals surface area contributed by atoms with Crippen LogP contribution in [0.3, 0.4) is 0 Å². The molecule has 0 bridgehead atoms. The van der Waals surface area contributed by atoms with Crippen LogP contribution in [0.5, 0.6) is 5.75 Å². The summed E-state index contributed by atoms with van der Waals surface area (Å²) >= 11 is 0. The highest BCUT2D eigenvalue weighted by Crippen LogP contribution is 2.15. The summed E-state index contributed by atoms with van der Waals surface area (Å²) < 4.78 is 0. The van der Waals surface area contributed by atoms with E-state index < -0.39 is 0 Å². The van der Waals surface area contributed by atoms with E-state index in [2.05, 4.69) is 10.2 Å². The molecule has 0 radical (unpaired) electrons. The number of benzene rings is 1. The molecule has 0 saturated heterocycles. The molecular formula is C8H7ClN2O. The molecule has 0 atom stereocenters. The van der Waals surface area contributed by atoms with Gasteiger partial charge in [0.2, 0.25) is 0 Å². The van der Waals surface area contributed by atoms with Crippen LogP contribution in [0.4, 0.5) is 0 Å². The summed E-state index contributed by atoms with van der Waals surface area (Å²) in [5.74, 6) is 0.220. The molecule has 4 heteroatoms. The Balaban J connectivity index is 0.000000720. The predicted molar refractivity (Wildman–Crippen MR) is 48.5 cm³/mol. The van der Waals surface area contributed by atoms with Gasteiger partial charge in [0.05, 0.1) is 11.7 Å². The van der Waals surface area contributed by atoms with Crippen LogP contribution < -0.4 is 0 Å². The lowest BCUT2D eigenvalue weighted by Gasteiger charge is -1.94. The van der Waals surface area contributed by atoms with Crippen molar-refractivity contribution in [3.8, 4) is 5.75 Å². The molecule has 12 heavy (non-hydrogen) atoms. The smallest absolute Gasteiger partial charge is 0.117 e. The molecule has 3 nitrogen and oxygen atoms in total. The average molecular weight is 183 g/mol. The van der Waals surface area contributed by atoms with E-state index in [1.54, 1.807) is 24.4 Å². The van der Waals surface area contributed by atoms with E-state index in [-0.39, 0.29) is 18.2 Å². The van der Waals surface area contributed by atoms with E-state index in [9.17, 15) is 0 Å². The Bertz CT molecular complexity index is 391. The summed E-state index contributed by atoms with van der Waals surface area (Å²) in [5, 5.41) is 17.6. The molecule has 0 spiro atoms. The molecule has 0 fully saturated rings. The Morgan fingerprint density at radius 3 is 2.83 bits per heavy atom. The highest BCUT2D eigenvalue weighted by Gasteiger charge is 1.93. The van der Waals surface area contributed by atoms with Crippen LogP contribution in [0.1, 0.15) is 0 Å². The van der Waals surface area contributed by atoms with Gasteiger partial charge in [0, 0.05) is 11.5 Å². The van der Waals surface area contributed by atoms with Crippen molar-refractivity contribution in [3.05, 3.63) is 30.5 Å². The zero-order valence-corrected chi connectivity index (χ0v) is 6.95. The summed E-state index contributed by atoms with van der Waals surface area (Å²) in [6.07, 6.45) is 1.62. The summed E-state index contributed by atoms with van der Waals surface area (Å²) in [5.41, 5.74) is 0.715. The minimum Gasteiger partial charge on any atom is -0.508 e. The normalized spacial score (nSPS) is 9.33. The van der Waals surface area contributed by atoms with Gasteiger partial charge in [-0.05, 0) is 18.2 Å². The first kappa shape index (κ1) is 8.74. The fourth-order valence-corrected chi connectivity index (χ4v) is 0.969. The maximum absolute atomic E-state index is 9.06. The monoisotopic (exact) mass is 182 g/mol. The molecular weight excluding hydrogens is 176 g/mol. The van der Waals surface area contributed by atoms with Crippen molar-refractivity contribution in [2.24, 2.45) is 0 Å². The molecule has 0 aliphatic rings. The lowest BCUT2D eigenvalue weighted by molar-refractivity contribution is 0.476. The Morgan fingerprint density at radius 2 is 2.00 bits per heavy atom. The number of hydrogen-bond donors (Lipinski definition) is 1. The van der Waals surface area contributed by atoms with Gasteiger partial charge in [-0.3, -0.25) is 0 Å². The minimum atomic E-state index is 0. The third-order valence-corrected chi connectivity index (χ3v) is 1.50. The Morgan fingerprint density at radius 1 is 1.17 bits per heavy atom. The van der Waals surface area contributed by atoms with E-state index >= 15 is 0 Å². The molecule has 0 aliphatic carbocycles. The van der Waals surface area contributed by atoms with Crippen LogP contribution in [0, 0.1) is 0 Å². The average Bonchev–Trinajstić information content (AvgIpc) is 2.04. The summed E-state index contributed by atoms with van der Waals surface area (Å²) in [7, 11) is 0. The molecule has 2 rings (SSSR count). The Labute approximate surface area is 75.5 Å². The van der Waals surface area contributed by atoms with Gasteiger partial charge in [-0.15, -0.1) is 12.4 Å². The molecule has 0 amide bonds. The van der Waals surface area contributed by atoms with Gasteiger partial charge >= 0.3 is 0 Å². The zero-order chi connectivity index (χ0) is 7.68. The number of nitrogens with zero attached hydrogens (tertiary/aromatic N) is 2. The fraction of sp³-hybridized carbons (Fsp3) is 0. The molecule has 1 aromatic carbocycles. The van der Waals surface area contributed by atoms with Crippen LogP contribution in [-0.4, -0.2) is 15.3 Å². The van der Waals surface area contributed by atoms with E-state index in [1.165, 1.54) is 0 Å². The standard InChI is InChI=1S/C8H6N2O.ClH/c11-7-2-1-6-3-4-9-10-8(6)5-7;/h1-5,11H;1H. The third-order valence-electron chi connectivity index (χ3n) is 1.50. The zero-order valence-electron chi connectivity index (χ0n) is 6.14. The highest BCUT2D eigenvalue weighted by molar-refractivity contribution is 5.85. The number of aromatic hydroxyl groups is 1. The molecule has 0 saturated carbocycles. The second-order valence-electron chi connectivity index (χ2n) is 2.27. The molecule has 1 N–H and O–H groups in total. The van der Waals surface area contributed by atoms with Gasteiger partial charge in [-0.2, -0.15) is 10.2 Å². The molecule has 2 aromatic rings. The molecule has 0 unspecified atom stereocenters. The maximum atomic E-state index is 9.06. The van der Waals surface area contributed by atoms with Crippen LogP contribution in [0.25, 0.3) is 10.9 Å². The van der Waals surface area contributed by atoms with Gasteiger partial charge in [0.25, 0.3) is 0 Å². The van der Waals surface area contributed by atoms with E-state index in [4.69, 9.17) is 5.11 Å². The van der Waals surface area contributed by atoms with Crippen molar-refractivity contribution in [1.82, 2.24) is 10.2 Å². The number of fused-ring (bicyclic) bond motifs is 1. The first-order valence-electron chi connectivity index (χ1n) is 3.27. The summed E-state index contributed by atoms with van der Waals surface area (Å²) in [4.78, 5) is 0. The van der Waals surface area contributed by atoms with Gasteiger partial charge in [0.15, 0.2) is 0 Å². The van der Waals surface area contributed by atoms with Crippen molar-refractivity contribution in [2.75, 3.05) is 0 Å². The highest BCUT2D eigenvalue weighted by atomic mass is 35.5. The quantitative estimate of drug-likeness (QED) is 0.675. The lowest BCUT2D eigenvalue weighted by atomic mass is 10.2. The van der Waals surface area contributed by atoms with Crippen molar-refractivity contribution in [1.29, 1.82) is 0 Å². The van der Waals surface area contributed by atoms with Gasteiger partial charge in [-0.1, -0.05) is 0 Å². The first-order chi connectivity index (χ1) is 5.36. The largest absolute Gasteiger partial charge is 0.508 e. The topological polar surface area (TPSA) is 46.0 Å². The van der Waals surface area contributed by atoms with Gasteiger partial charge in [0.1, 0.15) is 5.75 Å². The Hall–Kier alpha value is -1.35. The predicted octanol–water partition coefficient (Wildman–Crippen LogP) is 1.76. The molecule has 62 valence electrons. The number of halogens is 1. The van der Waals surface area contributed by atoms with Crippen LogP contribution in [-0.2, 0) is 0 Å². The number of aromatic nitrogens is 2. The molecule has 1 heterocycles. The van der Waals surface area contributed by atoms with E-state index in [0.717, 1.165) is 5.39 Å². The molecule has 0 aliphatic heterocycles. The minimum absolute atomic E-state index is 0. The SMILES string of the molecule is Cl.Oc1ccc2ccnnc2c1. The van der Waals surface area contributed by atoms with Gasteiger partial charge in [-0.25, -0.2) is 0 Å².